The Kier molecular flexibility index (Phi) is 2.59. The van der Waals surface area contributed by atoms with Crippen molar-refractivity contribution in [3.8, 4) is 11.1 Å². The van der Waals surface area contributed by atoms with E-state index < -0.39 is 6.03 Å². The number of primary amides is 1. The van der Waals surface area contributed by atoms with Crippen molar-refractivity contribution in [2.45, 2.75) is 0 Å². The summed E-state index contributed by atoms with van der Waals surface area (Å²) in [6.45, 7) is 0. The normalized spacial score (nSPS) is 9.87. The van der Waals surface area contributed by atoms with Crippen LogP contribution in [0.1, 0.15) is 0 Å². The zero-order valence-corrected chi connectivity index (χ0v) is 8.49. The first-order chi connectivity index (χ1) is 7.25. The Morgan fingerprint density at radius 2 is 2.07 bits per heavy atom. The Bertz CT molecular complexity index is 451. The largest absolute Gasteiger partial charge is 0.351 e. The van der Waals surface area contributed by atoms with E-state index in [4.69, 9.17) is 5.73 Å². The number of hydrogen-bond acceptors (Lipinski definition) is 4. The van der Waals surface area contributed by atoms with E-state index in [0.717, 1.165) is 11.1 Å². The second-order valence-corrected chi connectivity index (χ2v) is 3.58. The average Bonchev–Trinajstić information content (AvgIpc) is 2.71. The van der Waals surface area contributed by atoms with Gasteiger partial charge in [-0.15, -0.1) is 0 Å². The number of nitrogens with two attached hydrogens (primary N) is 1. The van der Waals surface area contributed by atoms with Gasteiger partial charge in [-0.25, -0.2) is 14.8 Å². The van der Waals surface area contributed by atoms with E-state index in [-0.39, 0.29) is 5.95 Å². The minimum absolute atomic E-state index is 0.210. The highest BCUT2D eigenvalue weighted by molar-refractivity contribution is 7.08. The van der Waals surface area contributed by atoms with E-state index >= 15 is 0 Å². The number of carbonyl (C=O) groups is 1. The summed E-state index contributed by atoms with van der Waals surface area (Å²) in [6.07, 6.45) is 3.28. The maximum absolute atomic E-state index is 10.5. The molecule has 0 aliphatic heterocycles. The molecule has 0 unspecified atom stereocenters. The van der Waals surface area contributed by atoms with Crippen LogP contribution in [0.4, 0.5) is 10.7 Å². The van der Waals surface area contributed by atoms with Gasteiger partial charge in [0.1, 0.15) is 0 Å². The summed E-state index contributed by atoms with van der Waals surface area (Å²) >= 11 is 1.60. The van der Waals surface area contributed by atoms with Crippen LogP contribution in [0.25, 0.3) is 11.1 Å². The lowest BCUT2D eigenvalue weighted by atomic mass is 10.2. The van der Waals surface area contributed by atoms with Crippen LogP contribution >= 0.6 is 11.3 Å². The van der Waals surface area contributed by atoms with Crippen LogP contribution in [0.2, 0.25) is 0 Å². The molecule has 2 rings (SSSR count). The minimum Gasteiger partial charge on any atom is -0.351 e. The number of nitrogens with one attached hydrogen (secondary N) is 1. The molecule has 6 heteroatoms. The third-order valence-electron chi connectivity index (χ3n) is 1.74. The Morgan fingerprint density at radius 1 is 1.33 bits per heavy atom. The highest BCUT2D eigenvalue weighted by Crippen LogP contribution is 2.20. The standard InChI is InChI=1S/C9H8N4OS/c10-8(14)13-9-11-3-7(4-12-9)6-1-2-15-5-6/h1-5H,(H3,10,11,12,13,14). The SMILES string of the molecule is NC(=O)Nc1ncc(-c2ccsc2)cn1. The molecule has 0 radical (unpaired) electrons. The van der Waals surface area contributed by atoms with Crippen molar-refractivity contribution in [3.05, 3.63) is 29.2 Å². The van der Waals surface area contributed by atoms with Crippen molar-refractivity contribution >= 4 is 23.3 Å². The number of urea groups is 1. The summed E-state index contributed by atoms with van der Waals surface area (Å²) < 4.78 is 0. The van der Waals surface area contributed by atoms with Crippen LogP contribution in [-0.4, -0.2) is 16.0 Å². The van der Waals surface area contributed by atoms with E-state index in [9.17, 15) is 4.79 Å². The molecule has 0 aromatic carbocycles. The molecular weight excluding hydrogens is 212 g/mol. The first-order valence-corrected chi connectivity index (χ1v) is 5.11. The highest BCUT2D eigenvalue weighted by Gasteiger charge is 2.01. The van der Waals surface area contributed by atoms with Crippen molar-refractivity contribution in [2.24, 2.45) is 5.73 Å². The molecule has 15 heavy (non-hydrogen) atoms. The van der Waals surface area contributed by atoms with Gasteiger partial charge in [0.05, 0.1) is 0 Å². The summed E-state index contributed by atoms with van der Waals surface area (Å²) in [7, 11) is 0. The number of rotatable bonds is 2. The van der Waals surface area contributed by atoms with Gasteiger partial charge in [0, 0.05) is 18.0 Å². The van der Waals surface area contributed by atoms with Crippen LogP contribution < -0.4 is 11.1 Å². The van der Waals surface area contributed by atoms with Gasteiger partial charge in [0.2, 0.25) is 5.95 Å². The van der Waals surface area contributed by atoms with Crippen molar-refractivity contribution < 1.29 is 4.79 Å². The molecule has 2 heterocycles. The van der Waals surface area contributed by atoms with Gasteiger partial charge >= 0.3 is 6.03 Å². The van der Waals surface area contributed by atoms with Crippen molar-refractivity contribution in [2.75, 3.05) is 5.32 Å². The number of carbonyl (C=O) groups excluding carboxylic acids is 1. The number of hydrogen-bond donors (Lipinski definition) is 2. The maximum atomic E-state index is 10.5. The molecule has 5 nitrogen and oxygen atoms in total. The van der Waals surface area contributed by atoms with Crippen LogP contribution in [0, 0.1) is 0 Å². The van der Waals surface area contributed by atoms with Gasteiger partial charge in [-0.05, 0) is 22.4 Å². The summed E-state index contributed by atoms with van der Waals surface area (Å²) in [4.78, 5) is 18.4. The molecule has 2 aromatic rings. The molecule has 0 spiro atoms. The molecule has 3 N–H and O–H groups in total. The van der Waals surface area contributed by atoms with Crippen LogP contribution in [0.5, 0.6) is 0 Å². The van der Waals surface area contributed by atoms with Gasteiger partial charge in [-0.3, -0.25) is 5.32 Å². The molecular formula is C9H8N4OS. The van der Waals surface area contributed by atoms with Crippen molar-refractivity contribution in [1.29, 1.82) is 0 Å². The number of aromatic nitrogens is 2. The fourth-order valence-corrected chi connectivity index (χ4v) is 1.75. The fraction of sp³-hybridized carbons (Fsp3) is 0. The lowest BCUT2D eigenvalue weighted by Gasteiger charge is -2.00. The number of thiophene rings is 1. The second kappa shape index (κ2) is 4.05. The van der Waals surface area contributed by atoms with Crippen LogP contribution in [0.3, 0.4) is 0 Å². The molecule has 76 valence electrons. The van der Waals surface area contributed by atoms with Crippen LogP contribution in [0.15, 0.2) is 29.2 Å². The Balaban J connectivity index is 2.21. The number of anilines is 1. The summed E-state index contributed by atoms with van der Waals surface area (Å²) in [5, 5.41) is 6.27. The number of nitrogens with zero attached hydrogens (tertiary/aromatic N) is 2. The predicted octanol–water partition coefficient (Wildman–Crippen LogP) is 1.70. The molecule has 2 amide bonds. The quantitative estimate of drug-likeness (QED) is 0.808. The van der Waals surface area contributed by atoms with Crippen molar-refractivity contribution in [1.82, 2.24) is 9.97 Å². The van der Waals surface area contributed by atoms with E-state index in [0.29, 0.717) is 0 Å². The third kappa shape index (κ3) is 2.29. The molecule has 0 fully saturated rings. The first kappa shape index (κ1) is 9.60. The summed E-state index contributed by atoms with van der Waals surface area (Å²) in [6, 6.07) is 1.31. The van der Waals surface area contributed by atoms with E-state index in [2.05, 4.69) is 15.3 Å². The highest BCUT2D eigenvalue weighted by atomic mass is 32.1. The topological polar surface area (TPSA) is 80.9 Å². The zero-order chi connectivity index (χ0) is 10.7. The molecule has 2 aromatic heterocycles. The first-order valence-electron chi connectivity index (χ1n) is 4.17. The van der Waals surface area contributed by atoms with E-state index in [1.54, 1.807) is 23.7 Å². The molecule has 0 saturated carbocycles. The monoisotopic (exact) mass is 220 g/mol. The third-order valence-corrected chi connectivity index (χ3v) is 2.42. The van der Waals surface area contributed by atoms with Gasteiger partial charge < -0.3 is 5.73 Å². The Labute approximate surface area is 90.0 Å². The zero-order valence-electron chi connectivity index (χ0n) is 7.68. The van der Waals surface area contributed by atoms with Gasteiger partial charge in [-0.1, -0.05) is 0 Å². The predicted molar refractivity (Wildman–Crippen MR) is 58.6 cm³/mol. The molecule has 0 aliphatic carbocycles. The second-order valence-electron chi connectivity index (χ2n) is 2.80. The van der Waals surface area contributed by atoms with E-state index in [1.165, 1.54) is 0 Å². The Hall–Kier alpha value is -1.95. The van der Waals surface area contributed by atoms with Gasteiger partial charge in [0.25, 0.3) is 0 Å². The number of amides is 2. The lowest BCUT2D eigenvalue weighted by molar-refractivity contribution is 0.259. The molecule has 0 atom stereocenters. The smallest absolute Gasteiger partial charge is 0.319 e. The maximum Gasteiger partial charge on any atom is 0.319 e. The minimum atomic E-state index is -0.668. The average molecular weight is 220 g/mol. The van der Waals surface area contributed by atoms with Crippen molar-refractivity contribution in [3.63, 3.8) is 0 Å². The molecule has 0 saturated heterocycles. The Morgan fingerprint density at radius 3 is 2.60 bits per heavy atom. The van der Waals surface area contributed by atoms with Gasteiger partial charge in [-0.2, -0.15) is 11.3 Å². The summed E-state index contributed by atoms with van der Waals surface area (Å²) in [5.41, 5.74) is 6.90. The van der Waals surface area contributed by atoms with Gasteiger partial charge in [0.15, 0.2) is 0 Å². The van der Waals surface area contributed by atoms with E-state index in [1.807, 2.05) is 16.8 Å². The summed E-state index contributed by atoms with van der Waals surface area (Å²) in [5.74, 6) is 0.210. The fourth-order valence-electron chi connectivity index (χ4n) is 1.08. The lowest BCUT2D eigenvalue weighted by Crippen LogP contribution is -2.20. The molecule has 0 bridgehead atoms. The van der Waals surface area contributed by atoms with Crippen LogP contribution in [-0.2, 0) is 0 Å². The molecule has 0 aliphatic rings.